The van der Waals surface area contributed by atoms with Gasteiger partial charge in [-0.15, -0.1) is 0 Å². The lowest BCUT2D eigenvalue weighted by molar-refractivity contribution is -0.116. The van der Waals surface area contributed by atoms with Gasteiger partial charge in [0.2, 0.25) is 11.6 Å². The number of allylic oxidation sites excluding steroid dienone is 4. The van der Waals surface area contributed by atoms with Gasteiger partial charge in [0.05, 0.1) is 22.4 Å². The quantitative estimate of drug-likeness (QED) is 0.590. The van der Waals surface area contributed by atoms with Gasteiger partial charge in [-0.25, -0.2) is 0 Å². The average molecular weight is 397 g/mol. The summed E-state index contributed by atoms with van der Waals surface area (Å²) >= 11 is 0. The highest BCUT2D eigenvalue weighted by atomic mass is 16.7. The minimum Gasteiger partial charge on any atom is -0.507 e. The van der Waals surface area contributed by atoms with Gasteiger partial charge in [0.15, 0.2) is 5.78 Å². The second-order valence-electron chi connectivity index (χ2n) is 6.80. The van der Waals surface area contributed by atoms with Gasteiger partial charge < -0.3 is 19.9 Å². The van der Waals surface area contributed by atoms with Crippen LogP contribution in [0.2, 0.25) is 0 Å². The number of aromatic hydroxyl groups is 1. The molecule has 1 aliphatic carbocycles. The van der Waals surface area contributed by atoms with Gasteiger partial charge in [0.1, 0.15) is 11.5 Å². The molecule has 0 saturated heterocycles. The molecule has 8 nitrogen and oxygen atoms in total. The number of phenolic OH excluding ortho intramolecular Hbond substituents is 1. The Morgan fingerprint density at radius 1 is 1.28 bits per heavy atom. The third kappa shape index (κ3) is 2.89. The van der Waals surface area contributed by atoms with Crippen LogP contribution < -0.4 is 10.1 Å². The summed E-state index contributed by atoms with van der Waals surface area (Å²) in [4.78, 5) is 50.8. The van der Waals surface area contributed by atoms with Gasteiger partial charge >= 0.3 is 0 Å². The maximum Gasteiger partial charge on any atom is 0.272 e. The number of benzene rings is 1. The van der Waals surface area contributed by atoms with Crippen LogP contribution in [0.5, 0.6) is 11.5 Å². The summed E-state index contributed by atoms with van der Waals surface area (Å²) in [6.45, 7) is 7.83. The minimum atomic E-state index is -1.68. The molecule has 8 heteroatoms. The van der Waals surface area contributed by atoms with E-state index in [1.165, 1.54) is 40.0 Å². The highest BCUT2D eigenvalue weighted by molar-refractivity contribution is 6.30. The Morgan fingerprint density at radius 3 is 2.52 bits per heavy atom. The van der Waals surface area contributed by atoms with Crippen LogP contribution in [0, 0.1) is 6.92 Å². The normalized spacial score (nSPS) is 20.6. The van der Waals surface area contributed by atoms with Crippen LogP contribution in [0.15, 0.2) is 36.1 Å². The molecule has 1 aromatic rings. The molecule has 0 spiro atoms. The van der Waals surface area contributed by atoms with E-state index < -0.39 is 34.8 Å². The molecule has 29 heavy (non-hydrogen) atoms. The van der Waals surface area contributed by atoms with Crippen molar-refractivity contribution in [1.82, 2.24) is 5.32 Å². The Hall–Kier alpha value is -3.52. The van der Waals surface area contributed by atoms with Crippen LogP contribution in [0.3, 0.4) is 0 Å². The Bertz CT molecular complexity index is 1080. The zero-order valence-corrected chi connectivity index (χ0v) is 16.3. The summed E-state index contributed by atoms with van der Waals surface area (Å²) in [6.07, 6.45) is 3.77. The average Bonchev–Trinajstić information content (AvgIpc) is 2.94. The maximum absolute atomic E-state index is 13.0. The van der Waals surface area contributed by atoms with Crippen molar-refractivity contribution < 1.29 is 33.8 Å². The van der Waals surface area contributed by atoms with Crippen molar-refractivity contribution in [3.63, 3.8) is 0 Å². The summed E-state index contributed by atoms with van der Waals surface area (Å²) < 4.78 is 10.7. The summed E-state index contributed by atoms with van der Waals surface area (Å²) in [7, 11) is 1.27. The van der Waals surface area contributed by atoms with Crippen molar-refractivity contribution in [3.05, 3.63) is 58.3 Å². The number of Topliss-reactive ketones (excluding diaryl/α,β-unsaturated/α-hetero) is 2. The number of hydrogen-bond acceptors (Lipinski definition) is 7. The van der Waals surface area contributed by atoms with Crippen LogP contribution in [-0.2, 0) is 9.53 Å². The minimum absolute atomic E-state index is 0.0117. The Morgan fingerprint density at radius 2 is 1.93 bits per heavy atom. The fourth-order valence-electron chi connectivity index (χ4n) is 3.22. The molecular formula is C21H19NO7. The predicted octanol–water partition coefficient (Wildman–Crippen LogP) is 2.15. The molecule has 0 unspecified atom stereocenters. The van der Waals surface area contributed by atoms with Crippen LogP contribution in [0.4, 0.5) is 0 Å². The topological polar surface area (TPSA) is 119 Å². The number of nitrogens with one attached hydrogen (secondary N) is 1. The van der Waals surface area contributed by atoms with Crippen molar-refractivity contribution in [3.8, 4) is 11.5 Å². The van der Waals surface area contributed by atoms with Gasteiger partial charge in [-0.05, 0) is 13.8 Å². The molecule has 1 amide bonds. The number of hydrogen-bond donors (Lipinski definition) is 2. The number of ether oxygens (including phenoxy) is 2. The zero-order valence-electron chi connectivity index (χ0n) is 16.3. The molecule has 3 rings (SSSR count). The molecule has 1 heterocycles. The fraction of sp³-hybridized carbons (Fsp3) is 0.238. The lowest BCUT2D eigenvalue weighted by Gasteiger charge is -2.20. The summed E-state index contributed by atoms with van der Waals surface area (Å²) in [6, 6.07) is 0. The summed E-state index contributed by atoms with van der Waals surface area (Å²) in [5.74, 6) is -4.94. The molecule has 2 N–H and O–H groups in total. The van der Waals surface area contributed by atoms with E-state index in [1.807, 2.05) is 0 Å². The van der Waals surface area contributed by atoms with E-state index in [9.17, 15) is 24.3 Å². The van der Waals surface area contributed by atoms with E-state index in [0.717, 1.165) is 6.08 Å². The Kier molecular flexibility index (Phi) is 4.76. The molecule has 0 saturated carbocycles. The SMILES string of the molecule is C=C/C=C(/C)C(=O)NC1=CC(=O)c2c(c(O)c(C)c3c2C(=O)[C@@](C)(OC)O3)C1=O. The highest BCUT2D eigenvalue weighted by Crippen LogP contribution is 2.47. The maximum atomic E-state index is 13.0. The van der Waals surface area contributed by atoms with Gasteiger partial charge in [-0.2, -0.15) is 0 Å². The van der Waals surface area contributed by atoms with Crippen LogP contribution in [0.25, 0.3) is 0 Å². The van der Waals surface area contributed by atoms with Crippen molar-refractivity contribution in [2.45, 2.75) is 26.6 Å². The number of carbonyl (C=O) groups is 4. The number of fused-ring (bicyclic) bond motifs is 3. The molecule has 2 aliphatic rings. The largest absolute Gasteiger partial charge is 0.507 e. The first-order chi connectivity index (χ1) is 13.6. The number of carbonyl (C=O) groups excluding carboxylic acids is 4. The fourth-order valence-corrected chi connectivity index (χ4v) is 3.22. The van der Waals surface area contributed by atoms with Crippen molar-refractivity contribution >= 4 is 23.3 Å². The molecule has 1 aliphatic heterocycles. The number of amides is 1. The molecule has 0 aromatic heterocycles. The number of ketones is 3. The van der Waals surface area contributed by atoms with Crippen molar-refractivity contribution in [2.24, 2.45) is 0 Å². The van der Waals surface area contributed by atoms with E-state index in [-0.39, 0.29) is 39.3 Å². The first-order valence-electron chi connectivity index (χ1n) is 8.67. The Balaban J connectivity index is 2.16. The molecule has 1 atom stereocenters. The number of phenols is 1. The second kappa shape index (κ2) is 6.82. The summed E-state index contributed by atoms with van der Waals surface area (Å²) in [5, 5.41) is 13.0. The van der Waals surface area contributed by atoms with E-state index in [0.29, 0.717) is 0 Å². The molecule has 150 valence electrons. The molecule has 1 aromatic carbocycles. The smallest absolute Gasteiger partial charge is 0.272 e. The lowest BCUT2D eigenvalue weighted by atomic mass is 9.84. The first-order valence-corrected chi connectivity index (χ1v) is 8.67. The Labute approximate surface area is 166 Å². The molecule has 0 fully saturated rings. The molecule has 0 radical (unpaired) electrons. The van der Waals surface area contributed by atoms with Crippen LogP contribution >= 0.6 is 0 Å². The van der Waals surface area contributed by atoms with E-state index in [4.69, 9.17) is 9.47 Å². The van der Waals surface area contributed by atoms with Crippen LogP contribution in [-0.4, -0.2) is 41.3 Å². The first kappa shape index (κ1) is 20.2. The predicted molar refractivity (Wildman–Crippen MR) is 102 cm³/mol. The third-order valence-electron chi connectivity index (χ3n) is 4.95. The molecule has 0 bridgehead atoms. The van der Waals surface area contributed by atoms with Gasteiger partial charge in [0.25, 0.3) is 11.7 Å². The number of methoxy groups -OCH3 is 1. The van der Waals surface area contributed by atoms with Crippen molar-refractivity contribution in [2.75, 3.05) is 7.11 Å². The lowest BCUT2D eigenvalue weighted by Crippen LogP contribution is -2.39. The van der Waals surface area contributed by atoms with E-state index >= 15 is 0 Å². The standard InChI is InChI=1S/C21H19NO7/c1-6-7-9(2)20(27)22-11-8-12(23)13-14(17(11)25)16(24)10(3)18-15(13)19(26)21(4,28-5)29-18/h6-8,24H,1H2,2-5H3,(H,22,27)/b9-7-/t21-/m0/s1. The second-order valence-corrected chi connectivity index (χ2v) is 6.80. The van der Waals surface area contributed by atoms with E-state index in [2.05, 4.69) is 11.9 Å². The van der Waals surface area contributed by atoms with Crippen molar-refractivity contribution in [1.29, 1.82) is 0 Å². The van der Waals surface area contributed by atoms with Gasteiger partial charge in [-0.1, -0.05) is 18.7 Å². The van der Waals surface area contributed by atoms with Gasteiger partial charge in [-0.3, -0.25) is 19.2 Å². The zero-order chi connectivity index (χ0) is 21.7. The third-order valence-corrected chi connectivity index (χ3v) is 4.95. The van der Waals surface area contributed by atoms with Gasteiger partial charge in [0, 0.05) is 31.2 Å². The monoisotopic (exact) mass is 397 g/mol. The number of rotatable bonds is 4. The molecular weight excluding hydrogens is 378 g/mol. The summed E-state index contributed by atoms with van der Waals surface area (Å²) in [5.41, 5.74) is -0.672. The van der Waals surface area contributed by atoms with E-state index in [1.54, 1.807) is 0 Å². The van der Waals surface area contributed by atoms with Crippen LogP contribution in [0.1, 0.15) is 50.5 Å². The highest BCUT2D eigenvalue weighted by Gasteiger charge is 2.50.